The average molecular weight is 1150 g/mol. The van der Waals surface area contributed by atoms with Crippen LogP contribution in [0.5, 0.6) is 0 Å². The molecule has 0 aromatic carbocycles. The molecule has 0 heterocycles. The maximum absolute atomic E-state index is 13.5. The minimum Gasteiger partial charge on any atom is -0.456 e. The lowest BCUT2D eigenvalue weighted by molar-refractivity contribution is -0.870. The molecule has 0 fully saturated rings. The molecule has 0 aliphatic carbocycles. The molecule has 462 valence electrons. The molecule has 10 heteroatoms. The minimum absolute atomic E-state index is 0.0237. The van der Waals surface area contributed by atoms with Crippen molar-refractivity contribution in [2.75, 3.05) is 40.9 Å². The fourth-order valence-corrected chi connectivity index (χ4v) is 9.31. The highest BCUT2D eigenvalue weighted by atomic mass is 31.2. The van der Waals surface area contributed by atoms with Gasteiger partial charge in [-0.1, -0.05) is 245 Å². The second kappa shape index (κ2) is 59.3. The van der Waals surface area contributed by atoms with Gasteiger partial charge in [0.25, 0.3) is 0 Å². The second-order valence-corrected chi connectivity index (χ2v) is 24.0. The summed E-state index contributed by atoms with van der Waals surface area (Å²) < 4.78 is 30.7. The van der Waals surface area contributed by atoms with Crippen LogP contribution in [0.3, 0.4) is 0 Å². The van der Waals surface area contributed by atoms with Crippen molar-refractivity contribution in [3.05, 3.63) is 134 Å². The Bertz CT molecular complexity index is 1850. The van der Waals surface area contributed by atoms with E-state index in [1.54, 1.807) is 0 Å². The molecule has 3 atom stereocenters. The van der Waals surface area contributed by atoms with Crippen LogP contribution in [-0.2, 0) is 27.9 Å². The molecule has 2 N–H and O–H groups in total. The Morgan fingerprint density at radius 3 is 1.22 bits per heavy atom. The summed E-state index contributed by atoms with van der Waals surface area (Å²) >= 11 is 0. The molecule has 81 heavy (non-hydrogen) atoms. The quantitative estimate of drug-likeness (QED) is 0.0205. The molecule has 0 aromatic heterocycles. The first-order chi connectivity index (χ1) is 39.4. The van der Waals surface area contributed by atoms with Crippen molar-refractivity contribution < 1.29 is 37.3 Å². The molecular weight excluding hydrogens is 1020 g/mol. The van der Waals surface area contributed by atoms with Crippen LogP contribution < -0.4 is 5.32 Å². The van der Waals surface area contributed by atoms with Gasteiger partial charge in [-0.25, -0.2) is 4.57 Å². The second-order valence-electron chi connectivity index (χ2n) is 22.5. The van der Waals surface area contributed by atoms with Gasteiger partial charge in [0.1, 0.15) is 19.3 Å². The maximum Gasteiger partial charge on any atom is 0.472 e. The highest BCUT2D eigenvalue weighted by Gasteiger charge is 2.30. The number of ether oxygens (including phenoxy) is 1. The molecule has 0 aromatic rings. The van der Waals surface area contributed by atoms with Gasteiger partial charge in [0.15, 0.2) is 0 Å². The standard InChI is InChI=1S/C71H121N2O7P/c1-7-10-13-16-19-22-25-27-29-31-33-34-35-36-37-38-40-42-44-46-49-52-55-58-61-64-71(75)80-69(62-59-56-53-50-47-24-21-18-15-12-9-3)68(67-79-81(76,77)78-66-65-73(4,5)6)72-70(74)63-60-57-54-51-48-45-43-41-39-32-30-28-26-23-20-17-14-11-8-2/h10,13,19-20,22-23,27-30,33-34,36-37,39-42,45,48,59,62,68-69H,7-9,11-12,14-18,21,24-26,31-32,35,38,43-44,46-47,49-58,60-61,63-67H2,1-6H3,(H-,72,74,76,77)/p+1/b13-10-,22-19-,23-20-,29-27-,30-28-,34-33-,37-36-,41-39-,42-40-,48-45-,62-59-. The first-order valence-corrected chi connectivity index (χ1v) is 34.0. The van der Waals surface area contributed by atoms with Crippen LogP contribution in [0.25, 0.3) is 0 Å². The number of nitrogens with zero attached hydrogens (tertiary/aromatic N) is 1. The molecule has 0 rings (SSSR count). The molecule has 9 nitrogen and oxygen atoms in total. The number of allylic oxidation sites excluding steroid dienone is 21. The lowest BCUT2D eigenvalue weighted by atomic mass is 10.1. The molecule has 0 saturated heterocycles. The molecule has 0 spiro atoms. The number of rotatable bonds is 57. The zero-order valence-electron chi connectivity index (χ0n) is 52.7. The Labute approximate surface area is 498 Å². The summed E-state index contributed by atoms with van der Waals surface area (Å²) in [5.74, 6) is -0.568. The Morgan fingerprint density at radius 1 is 0.444 bits per heavy atom. The summed E-state index contributed by atoms with van der Waals surface area (Å²) in [4.78, 5) is 37.8. The van der Waals surface area contributed by atoms with Gasteiger partial charge in [0, 0.05) is 12.8 Å². The fourth-order valence-electron chi connectivity index (χ4n) is 8.57. The third-order valence-electron chi connectivity index (χ3n) is 13.6. The fraction of sp³-hybridized carbons (Fsp3) is 0.662. The predicted octanol–water partition coefficient (Wildman–Crippen LogP) is 20.4. The number of likely N-dealkylation sites (N-methyl/N-ethyl adjacent to an activating group) is 1. The van der Waals surface area contributed by atoms with E-state index in [1.165, 1.54) is 70.6 Å². The number of carbonyl (C=O) groups is 2. The van der Waals surface area contributed by atoms with E-state index in [4.69, 9.17) is 13.8 Å². The van der Waals surface area contributed by atoms with Gasteiger partial charge in [-0.3, -0.25) is 18.6 Å². The van der Waals surface area contributed by atoms with Gasteiger partial charge in [0.2, 0.25) is 5.91 Å². The van der Waals surface area contributed by atoms with E-state index in [0.717, 1.165) is 135 Å². The number of amides is 1. The Morgan fingerprint density at radius 2 is 0.790 bits per heavy atom. The van der Waals surface area contributed by atoms with Crippen molar-refractivity contribution in [1.82, 2.24) is 5.32 Å². The molecule has 0 radical (unpaired) electrons. The summed E-state index contributed by atoms with van der Waals surface area (Å²) in [7, 11) is 1.45. The van der Waals surface area contributed by atoms with Crippen molar-refractivity contribution in [3.8, 4) is 0 Å². The normalized spacial score (nSPS) is 14.5. The molecule has 1 amide bonds. The van der Waals surface area contributed by atoms with Gasteiger partial charge >= 0.3 is 13.8 Å². The predicted molar refractivity (Wildman–Crippen MR) is 350 cm³/mol. The van der Waals surface area contributed by atoms with E-state index >= 15 is 0 Å². The van der Waals surface area contributed by atoms with Gasteiger partial charge in [-0.15, -0.1) is 0 Å². The molecule has 0 saturated carbocycles. The van der Waals surface area contributed by atoms with Crippen LogP contribution in [0.1, 0.15) is 252 Å². The first kappa shape index (κ1) is 77.2. The summed E-state index contributed by atoms with van der Waals surface area (Å²) in [6.07, 6.45) is 84.5. The van der Waals surface area contributed by atoms with Gasteiger partial charge in [0.05, 0.1) is 33.8 Å². The zero-order valence-corrected chi connectivity index (χ0v) is 53.6. The topological polar surface area (TPSA) is 111 Å². The number of phosphoric ester groups is 1. The van der Waals surface area contributed by atoms with E-state index < -0.39 is 20.0 Å². The third kappa shape index (κ3) is 60.6. The molecule has 3 unspecified atom stereocenters. The number of hydrogen-bond donors (Lipinski definition) is 2. The van der Waals surface area contributed by atoms with E-state index in [1.807, 2.05) is 33.3 Å². The average Bonchev–Trinajstić information content (AvgIpc) is 3.43. The van der Waals surface area contributed by atoms with Gasteiger partial charge < -0.3 is 19.4 Å². The number of unbranched alkanes of at least 4 members (excludes halogenated alkanes) is 21. The Kier molecular flexibility index (Phi) is 56.5. The maximum atomic E-state index is 13.5. The first-order valence-electron chi connectivity index (χ1n) is 32.5. The molecule has 0 bridgehead atoms. The zero-order chi connectivity index (χ0) is 59.3. The van der Waals surface area contributed by atoms with Gasteiger partial charge in [-0.05, 0) is 128 Å². The van der Waals surface area contributed by atoms with E-state index in [2.05, 4.69) is 148 Å². The van der Waals surface area contributed by atoms with Crippen molar-refractivity contribution >= 4 is 19.7 Å². The number of carbonyl (C=O) groups excluding carboxylic acids is 2. The SMILES string of the molecule is CC/C=C\C/C=C\C/C=C\C/C=C\C/C=C\C/C=C\CCCCCCCCC(=O)OC(/C=C\CCCCCCCCCCC)C(COP(=O)(O)OCC[N+](C)(C)C)NC(=O)CCCCC/C=C\C/C=C\C/C=C\C/C=C\CCCCC. The number of nitrogens with one attached hydrogen (secondary N) is 1. The van der Waals surface area contributed by atoms with Crippen molar-refractivity contribution in [3.63, 3.8) is 0 Å². The number of hydrogen-bond acceptors (Lipinski definition) is 6. The largest absolute Gasteiger partial charge is 0.472 e. The van der Waals surface area contributed by atoms with Crippen LogP contribution in [0.2, 0.25) is 0 Å². The summed E-state index contributed by atoms with van der Waals surface area (Å²) in [6.45, 7) is 6.81. The van der Waals surface area contributed by atoms with Crippen LogP contribution in [0.15, 0.2) is 134 Å². The lowest BCUT2D eigenvalue weighted by Gasteiger charge is -2.27. The van der Waals surface area contributed by atoms with Crippen LogP contribution >= 0.6 is 7.82 Å². The lowest BCUT2D eigenvalue weighted by Crippen LogP contribution is -2.47. The molecule has 0 aliphatic heterocycles. The van der Waals surface area contributed by atoms with Crippen LogP contribution in [0, 0.1) is 0 Å². The molecule has 0 aliphatic rings. The van der Waals surface area contributed by atoms with Crippen molar-refractivity contribution in [2.24, 2.45) is 0 Å². The third-order valence-corrected chi connectivity index (χ3v) is 14.6. The number of esters is 1. The smallest absolute Gasteiger partial charge is 0.456 e. The van der Waals surface area contributed by atoms with Gasteiger partial charge in [-0.2, -0.15) is 0 Å². The monoisotopic (exact) mass is 1150 g/mol. The summed E-state index contributed by atoms with van der Waals surface area (Å²) in [6, 6.07) is -0.881. The summed E-state index contributed by atoms with van der Waals surface area (Å²) in [5.41, 5.74) is 0. The minimum atomic E-state index is -4.47. The Hall–Kier alpha value is -3.85. The Balaban J connectivity index is 5.25. The molecular formula is C71H122N2O7P+. The van der Waals surface area contributed by atoms with E-state index in [0.29, 0.717) is 23.9 Å². The van der Waals surface area contributed by atoms with Crippen molar-refractivity contribution in [2.45, 2.75) is 264 Å². The highest BCUT2D eigenvalue weighted by Crippen LogP contribution is 2.43. The number of phosphoric acid groups is 1. The highest BCUT2D eigenvalue weighted by molar-refractivity contribution is 7.47. The van der Waals surface area contributed by atoms with Crippen LogP contribution in [-0.4, -0.2) is 74.3 Å². The van der Waals surface area contributed by atoms with Crippen molar-refractivity contribution in [1.29, 1.82) is 0 Å². The van der Waals surface area contributed by atoms with E-state index in [-0.39, 0.29) is 37.9 Å². The number of quaternary nitrogens is 1. The van der Waals surface area contributed by atoms with Crippen LogP contribution in [0.4, 0.5) is 0 Å². The summed E-state index contributed by atoms with van der Waals surface area (Å²) in [5, 5.41) is 3.03. The van der Waals surface area contributed by atoms with E-state index in [9.17, 15) is 19.0 Å².